The Morgan fingerprint density at radius 2 is 0.946 bits per heavy atom. The van der Waals surface area contributed by atoms with Crippen LogP contribution < -0.4 is 14.9 Å². The van der Waals surface area contributed by atoms with Gasteiger partial charge in [-0.3, -0.25) is 14.2 Å². The lowest BCUT2D eigenvalue weighted by Crippen LogP contribution is -2.14. The van der Waals surface area contributed by atoms with Gasteiger partial charge in [-0.15, -0.1) is 0 Å². The molecule has 0 bridgehead atoms. The van der Waals surface area contributed by atoms with Crippen LogP contribution in [0.5, 0.6) is 11.5 Å². The van der Waals surface area contributed by atoms with Crippen molar-refractivity contribution in [3.8, 4) is 11.5 Å². The Labute approximate surface area is 210 Å². The minimum absolute atomic E-state index is 0.0298. The van der Waals surface area contributed by atoms with Crippen molar-refractivity contribution in [3.05, 3.63) is 95.2 Å². The van der Waals surface area contributed by atoms with Crippen LogP contribution in [0, 0.1) is 0 Å². The lowest BCUT2D eigenvalue weighted by molar-refractivity contribution is 0.475. The molecule has 0 aliphatic carbocycles. The number of phenols is 2. The van der Waals surface area contributed by atoms with Crippen LogP contribution in [0.15, 0.2) is 104 Å². The average molecular weight is 539 g/mol. The highest BCUT2D eigenvalue weighted by atomic mass is 32.2. The second kappa shape index (κ2) is 8.84. The van der Waals surface area contributed by atoms with Gasteiger partial charge < -0.3 is 14.6 Å². The fourth-order valence-electron chi connectivity index (χ4n) is 3.64. The molecule has 0 atom stereocenters. The molecule has 188 valence electrons. The number of hydrogen-bond donors (Lipinski definition) is 4. The molecule has 5 rings (SSSR count). The first-order chi connectivity index (χ1) is 17.5. The summed E-state index contributed by atoms with van der Waals surface area (Å²) in [5.41, 5.74) is 0.0521. The van der Waals surface area contributed by atoms with E-state index in [4.69, 9.17) is 4.42 Å². The maximum Gasteiger partial charge on any atom is 0.261 e. The minimum Gasteiger partial charge on any atom is -0.508 e. The molecular formula is C25H18N2O8S2. The van der Waals surface area contributed by atoms with E-state index in [1.807, 2.05) is 0 Å². The van der Waals surface area contributed by atoms with Crippen molar-refractivity contribution >= 4 is 53.4 Å². The number of phenolic OH excluding ortho intramolecular Hbond substituents is 2. The molecule has 5 aromatic rings. The van der Waals surface area contributed by atoms with Gasteiger partial charge in [-0.2, -0.15) is 0 Å². The summed E-state index contributed by atoms with van der Waals surface area (Å²) in [4.78, 5) is 12.9. The molecule has 10 nitrogen and oxygen atoms in total. The molecule has 1 heterocycles. The molecule has 37 heavy (non-hydrogen) atoms. The lowest BCUT2D eigenvalue weighted by Gasteiger charge is -2.10. The third-order valence-electron chi connectivity index (χ3n) is 5.47. The van der Waals surface area contributed by atoms with Gasteiger partial charge in [0.05, 0.1) is 20.6 Å². The first kappa shape index (κ1) is 24.2. The highest BCUT2D eigenvalue weighted by molar-refractivity contribution is 7.93. The Kier molecular flexibility index (Phi) is 5.77. The molecule has 0 radical (unpaired) electrons. The van der Waals surface area contributed by atoms with Gasteiger partial charge >= 0.3 is 0 Å². The summed E-state index contributed by atoms with van der Waals surface area (Å²) in [5.74, 6) is -0.0597. The van der Waals surface area contributed by atoms with E-state index < -0.39 is 25.5 Å². The summed E-state index contributed by atoms with van der Waals surface area (Å²) in [6, 6.07) is 18.3. The molecule has 12 heteroatoms. The zero-order chi connectivity index (χ0) is 26.4. The summed E-state index contributed by atoms with van der Waals surface area (Å²) in [6.07, 6.45) is 0. The van der Waals surface area contributed by atoms with Crippen LogP contribution in [-0.2, 0) is 20.0 Å². The Balaban J connectivity index is 1.55. The number of rotatable bonds is 6. The van der Waals surface area contributed by atoms with Gasteiger partial charge in [0.25, 0.3) is 20.0 Å². The van der Waals surface area contributed by atoms with Crippen LogP contribution in [0.25, 0.3) is 21.9 Å². The Hall–Kier alpha value is -4.55. The van der Waals surface area contributed by atoms with E-state index in [-0.39, 0.29) is 54.6 Å². The third kappa shape index (κ3) is 4.79. The van der Waals surface area contributed by atoms with Gasteiger partial charge in [-0.1, -0.05) is 0 Å². The molecule has 1 aromatic heterocycles. The van der Waals surface area contributed by atoms with Crippen molar-refractivity contribution in [2.45, 2.75) is 9.79 Å². The highest BCUT2D eigenvalue weighted by Gasteiger charge is 2.20. The van der Waals surface area contributed by atoms with Crippen LogP contribution in [0.4, 0.5) is 11.4 Å². The Bertz CT molecular complexity index is 1790. The largest absolute Gasteiger partial charge is 0.508 e. The van der Waals surface area contributed by atoms with Gasteiger partial charge in [0.1, 0.15) is 22.7 Å². The summed E-state index contributed by atoms with van der Waals surface area (Å²) >= 11 is 0. The average Bonchev–Trinajstić information content (AvgIpc) is 2.86. The first-order valence-electron chi connectivity index (χ1n) is 10.7. The number of nitrogens with one attached hydrogen (secondary N) is 2. The maximum atomic E-state index is 13.3. The second-order valence-electron chi connectivity index (χ2n) is 8.05. The fraction of sp³-hybridized carbons (Fsp3) is 0. The molecule has 0 aliphatic rings. The van der Waals surface area contributed by atoms with Gasteiger partial charge in [-0.25, -0.2) is 16.8 Å². The minimum atomic E-state index is -4.09. The zero-order valence-corrected chi connectivity index (χ0v) is 20.4. The molecule has 4 aromatic carbocycles. The number of sulfonamides is 2. The molecule has 0 spiro atoms. The van der Waals surface area contributed by atoms with Crippen molar-refractivity contribution < 1.29 is 31.5 Å². The van der Waals surface area contributed by atoms with Gasteiger partial charge in [-0.05, 0) is 84.9 Å². The van der Waals surface area contributed by atoms with Gasteiger partial charge in [0, 0.05) is 11.4 Å². The van der Waals surface area contributed by atoms with Crippen LogP contribution in [0.1, 0.15) is 0 Å². The van der Waals surface area contributed by atoms with Crippen molar-refractivity contribution in [2.75, 3.05) is 9.44 Å². The van der Waals surface area contributed by atoms with Crippen molar-refractivity contribution in [1.82, 2.24) is 0 Å². The normalized spacial score (nSPS) is 12.0. The fourth-order valence-corrected chi connectivity index (χ4v) is 5.80. The number of benzene rings is 4. The molecule has 0 amide bonds. The first-order valence-corrected chi connectivity index (χ1v) is 13.6. The summed E-state index contributed by atoms with van der Waals surface area (Å²) < 4.78 is 62.0. The van der Waals surface area contributed by atoms with E-state index in [2.05, 4.69) is 9.44 Å². The van der Waals surface area contributed by atoms with E-state index >= 15 is 0 Å². The third-order valence-corrected chi connectivity index (χ3v) is 8.23. The predicted octanol–water partition coefficient (Wildman–Crippen LogP) is 3.96. The van der Waals surface area contributed by atoms with Crippen LogP contribution in [-0.4, -0.2) is 27.0 Å². The molecule has 0 saturated carbocycles. The molecule has 0 aliphatic heterocycles. The zero-order valence-electron chi connectivity index (χ0n) is 18.7. The molecule has 0 fully saturated rings. The van der Waals surface area contributed by atoms with E-state index in [1.165, 1.54) is 72.8 Å². The van der Waals surface area contributed by atoms with Crippen LogP contribution in [0.3, 0.4) is 0 Å². The lowest BCUT2D eigenvalue weighted by atomic mass is 10.1. The van der Waals surface area contributed by atoms with Gasteiger partial charge in [0.15, 0.2) is 0 Å². The van der Waals surface area contributed by atoms with E-state index in [1.54, 1.807) is 0 Å². The van der Waals surface area contributed by atoms with Crippen molar-refractivity contribution in [2.24, 2.45) is 0 Å². The van der Waals surface area contributed by atoms with E-state index in [0.717, 1.165) is 12.1 Å². The summed E-state index contributed by atoms with van der Waals surface area (Å²) in [5, 5.41) is 18.7. The summed E-state index contributed by atoms with van der Waals surface area (Å²) in [7, 11) is -8.19. The van der Waals surface area contributed by atoms with E-state index in [9.17, 15) is 31.8 Å². The molecule has 0 saturated heterocycles. The smallest absolute Gasteiger partial charge is 0.261 e. The van der Waals surface area contributed by atoms with Crippen molar-refractivity contribution in [1.29, 1.82) is 0 Å². The van der Waals surface area contributed by atoms with E-state index in [0.29, 0.717) is 0 Å². The second-order valence-corrected chi connectivity index (χ2v) is 11.4. The van der Waals surface area contributed by atoms with Crippen LogP contribution in [0.2, 0.25) is 0 Å². The van der Waals surface area contributed by atoms with Crippen LogP contribution >= 0.6 is 0 Å². The summed E-state index contributed by atoms with van der Waals surface area (Å²) in [6.45, 7) is 0. The SMILES string of the molecule is O=c1c2cc(S(=O)(=O)Nc3ccc(O)cc3)ccc2oc2ccc(S(=O)(=O)Nc3ccc(O)cc3)cc12. The quantitative estimate of drug-likeness (QED) is 0.186. The Morgan fingerprint density at radius 3 is 1.32 bits per heavy atom. The topological polar surface area (TPSA) is 163 Å². The van der Waals surface area contributed by atoms with Gasteiger partial charge in [0.2, 0.25) is 5.43 Å². The predicted molar refractivity (Wildman–Crippen MR) is 138 cm³/mol. The standard InChI is InChI=1S/C25H18N2O8S2/c28-17-5-1-15(2-6-17)26-36(31,32)19-9-11-23-21(13-19)25(30)22-14-20(10-12-24(22)35-23)37(33,34)27-16-3-7-18(29)8-4-16/h1-14,26-29H. The number of hydrogen-bond acceptors (Lipinski definition) is 8. The molecule has 4 N–H and O–H groups in total. The Morgan fingerprint density at radius 1 is 0.568 bits per heavy atom. The monoisotopic (exact) mass is 538 g/mol. The number of aromatic hydroxyl groups is 2. The maximum absolute atomic E-state index is 13.3. The number of anilines is 2. The number of fused-ring (bicyclic) bond motifs is 2. The molecule has 0 unspecified atom stereocenters. The highest BCUT2D eigenvalue weighted by Crippen LogP contribution is 2.26. The molecular weight excluding hydrogens is 520 g/mol. The van der Waals surface area contributed by atoms with Crippen molar-refractivity contribution in [3.63, 3.8) is 0 Å².